The summed E-state index contributed by atoms with van der Waals surface area (Å²) in [6, 6.07) is 7.81. The molecule has 18 heavy (non-hydrogen) atoms. The predicted octanol–water partition coefficient (Wildman–Crippen LogP) is 1.50. The Kier molecular flexibility index (Phi) is 3.07. The van der Waals surface area contributed by atoms with Crippen LogP contribution in [-0.4, -0.2) is 16.6 Å². The van der Waals surface area contributed by atoms with E-state index in [4.69, 9.17) is 0 Å². The lowest BCUT2D eigenvalue weighted by Crippen LogP contribution is -2.50. The number of nitrogens with zero attached hydrogens (tertiary/aromatic N) is 2. The molecule has 0 bridgehead atoms. The van der Waals surface area contributed by atoms with Crippen LogP contribution in [0.3, 0.4) is 0 Å². The molecule has 0 saturated carbocycles. The first kappa shape index (κ1) is 11.7. The summed E-state index contributed by atoms with van der Waals surface area (Å²) in [5.74, 6) is 1.07. The lowest BCUT2D eigenvalue weighted by Gasteiger charge is -2.09. The first-order valence-electron chi connectivity index (χ1n) is 6.18. The van der Waals surface area contributed by atoms with Crippen LogP contribution >= 0.6 is 15.9 Å². The number of benzene rings is 1. The Morgan fingerprint density at radius 3 is 2.89 bits per heavy atom. The maximum Gasteiger partial charge on any atom is 0.301 e. The van der Waals surface area contributed by atoms with E-state index < -0.39 is 0 Å². The molecule has 5 heteroatoms. The molecule has 0 atom stereocenters. The molecule has 94 valence electrons. The number of fused-ring (bicyclic) bond motifs is 3. The summed E-state index contributed by atoms with van der Waals surface area (Å²) in [6.45, 7) is 2.50. The van der Waals surface area contributed by atoms with Gasteiger partial charge in [0.05, 0.1) is 17.3 Å². The van der Waals surface area contributed by atoms with Crippen molar-refractivity contribution in [3.63, 3.8) is 0 Å². The fraction of sp³-hybridized carbons (Fsp3) is 0.385. The molecule has 4 nitrogen and oxygen atoms in total. The van der Waals surface area contributed by atoms with E-state index >= 15 is 0 Å². The highest BCUT2D eigenvalue weighted by atomic mass is 79.9. The third-order valence-electron chi connectivity index (χ3n) is 3.32. The number of nitrogens with one attached hydrogen (secondary N) is 1. The van der Waals surface area contributed by atoms with Gasteiger partial charge >= 0.3 is 5.82 Å². The molecule has 1 aromatic heterocycles. The lowest BCUT2D eigenvalue weighted by molar-refractivity contribution is -0.756. The van der Waals surface area contributed by atoms with Crippen molar-refractivity contribution in [1.29, 1.82) is 0 Å². The Balaban J connectivity index is 2.29. The van der Waals surface area contributed by atoms with Crippen LogP contribution in [-0.2, 0) is 13.1 Å². The largest absolute Gasteiger partial charge is 0.301 e. The van der Waals surface area contributed by atoms with Crippen molar-refractivity contribution >= 4 is 32.5 Å². The number of rotatable bonds is 3. The number of hydrogen-bond donors (Lipinski definition) is 1. The summed E-state index contributed by atoms with van der Waals surface area (Å²) in [5, 5.41) is 6.11. The molecule has 1 aliphatic heterocycles. The summed E-state index contributed by atoms with van der Waals surface area (Å²) in [5.41, 5.74) is 0.110. The third kappa shape index (κ3) is 1.73. The van der Waals surface area contributed by atoms with Gasteiger partial charge in [0, 0.05) is 5.33 Å². The monoisotopic (exact) mass is 308 g/mol. The summed E-state index contributed by atoms with van der Waals surface area (Å²) < 4.78 is 3.94. The molecular formula is C13H15BrN3O+. The van der Waals surface area contributed by atoms with Crippen molar-refractivity contribution in [3.8, 4) is 0 Å². The van der Waals surface area contributed by atoms with E-state index in [-0.39, 0.29) is 5.56 Å². The van der Waals surface area contributed by atoms with Crippen LogP contribution in [0.4, 0.5) is 5.82 Å². The SMILES string of the molecule is O=c1c2ccccc2c2[n+](n1CCCBr)CCN2. The summed E-state index contributed by atoms with van der Waals surface area (Å²) in [4.78, 5) is 12.5. The molecule has 0 aliphatic carbocycles. The normalized spacial score (nSPS) is 13.6. The average Bonchev–Trinajstić information content (AvgIpc) is 2.88. The molecule has 2 heterocycles. The second-order valence-corrected chi connectivity index (χ2v) is 5.21. The van der Waals surface area contributed by atoms with Crippen LogP contribution in [0.5, 0.6) is 0 Å². The number of alkyl halides is 1. The number of halogens is 1. The fourth-order valence-electron chi connectivity index (χ4n) is 2.52. The van der Waals surface area contributed by atoms with E-state index in [0.717, 1.165) is 48.0 Å². The molecule has 0 unspecified atom stereocenters. The smallest absolute Gasteiger partial charge is 0.268 e. The fourth-order valence-corrected chi connectivity index (χ4v) is 2.77. The van der Waals surface area contributed by atoms with Gasteiger partial charge in [0.25, 0.3) is 5.56 Å². The minimum absolute atomic E-state index is 0.110. The Hall–Kier alpha value is -1.36. The molecule has 3 rings (SSSR count). The van der Waals surface area contributed by atoms with E-state index in [1.54, 1.807) is 0 Å². The van der Waals surface area contributed by atoms with Crippen molar-refractivity contribution < 1.29 is 4.68 Å². The van der Waals surface area contributed by atoms with Gasteiger partial charge in [-0.05, 0) is 18.6 Å². The van der Waals surface area contributed by atoms with Gasteiger partial charge in [-0.2, -0.15) is 4.68 Å². The quantitative estimate of drug-likeness (QED) is 0.689. The highest BCUT2D eigenvalue weighted by Gasteiger charge is 2.25. The molecule has 0 spiro atoms. The number of hydrogen-bond acceptors (Lipinski definition) is 2. The minimum Gasteiger partial charge on any atom is -0.268 e. The van der Waals surface area contributed by atoms with E-state index in [0.29, 0.717) is 0 Å². The summed E-state index contributed by atoms with van der Waals surface area (Å²) in [7, 11) is 0. The summed E-state index contributed by atoms with van der Waals surface area (Å²) >= 11 is 3.42. The zero-order valence-corrected chi connectivity index (χ0v) is 11.6. The van der Waals surface area contributed by atoms with Gasteiger partial charge in [0.1, 0.15) is 13.1 Å². The highest BCUT2D eigenvalue weighted by molar-refractivity contribution is 9.09. The minimum atomic E-state index is 0.110. The van der Waals surface area contributed by atoms with Crippen LogP contribution in [0.15, 0.2) is 29.1 Å². The lowest BCUT2D eigenvalue weighted by atomic mass is 10.2. The zero-order chi connectivity index (χ0) is 12.5. The zero-order valence-electron chi connectivity index (χ0n) is 10.0. The van der Waals surface area contributed by atoms with Crippen LogP contribution in [0, 0.1) is 0 Å². The number of anilines is 1. The Bertz CT molecular complexity index is 650. The van der Waals surface area contributed by atoms with Gasteiger partial charge in [-0.15, -0.1) is 4.68 Å². The standard InChI is InChI=1S/C13H14BrN3O/c14-6-3-8-17-13(18)11-5-2-1-4-10(11)12-15-7-9-16(12)17/h1-2,4-5H,3,6-9H2/p+1. The van der Waals surface area contributed by atoms with Gasteiger partial charge in [0.2, 0.25) is 0 Å². The van der Waals surface area contributed by atoms with Crippen LogP contribution in [0.1, 0.15) is 6.42 Å². The van der Waals surface area contributed by atoms with Crippen molar-refractivity contribution in [1.82, 2.24) is 4.68 Å². The topological polar surface area (TPSA) is 37.9 Å². The van der Waals surface area contributed by atoms with Crippen molar-refractivity contribution in [3.05, 3.63) is 34.6 Å². The van der Waals surface area contributed by atoms with Crippen LogP contribution < -0.4 is 15.6 Å². The molecule has 1 aromatic carbocycles. The van der Waals surface area contributed by atoms with Crippen molar-refractivity contribution in [2.24, 2.45) is 0 Å². The molecule has 0 fully saturated rings. The molecular weight excluding hydrogens is 294 g/mol. The first-order valence-corrected chi connectivity index (χ1v) is 7.30. The number of aromatic nitrogens is 2. The second kappa shape index (κ2) is 4.72. The maximum atomic E-state index is 12.5. The van der Waals surface area contributed by atoms with Gasteiger partial charge < -0.3 is 0 Å². The Labute approximate surface area is 113 Å². The highest BCUT2D eigenvalue weighted by Crippen LogP contribution is 2.18. The molecule has 1 aliphatic rings. The predicted molar refractivity (Wildman–Crippen MR) is 75.3 cm³/mol. The molecule has 2 aromatic rings. The van der Waals surface area contributed by atoms with Gasteiger partial charge in [0.15, 0.2) is 0 Å². The van der Waals surface area contributed by atoms with E-state index in [9.17, 15) is 4.79 Å². The Morgan fingerprint density at radius 2 is 2.11 bits per heavy atom. The first-order chi connectivity index (χ1) is 8.83. The molecule has 0 saturated heterocycles. The summed E-state index contributed by atoms with van der Waals surface area (Å²) in [6.07, 6.45) is 0.956. The average molecular weight is 309 g/mol. The van der Waals surface area contributed by atoms with Gasteiger partial charge in [-0.25, -0.2) is 0 Å². The molecule has 1 N–H and O–H groups in total. The van der Waals surface area contributed by atoms with Crippen molar-refractivity contribution in [2.75, 3.05) is 17.2 Å². The van der Waals surface area contributed by atoms with E-state index in [1.807, 2.05) is 28.9 Å². The van der Waals surface area contributed by atoms with Crippen LogP contribution in [0.2, 0.25) is 0 Å². The third-order valence-corrected chi connectivity index (χ3v) is 3.88. The van der Waals surface area contributed by atoms with E-state index in [1.165, 1.54) is 0 Å². The van der Waals surface area contributed by atoms with Crippen LogP contribution in [0.25, 0.3) is 10.8 Å². The molecule has 0 amide bonds. The van der Waals surface area contributed by atoms with Gasteiger partial charge in [-0.1, -0.05) is 28.1 Å². The molecule has 0 radical (unpaired) electrons. The second-order valence-electron chi connectivity index (χ2n) is 4.41. The maximum absolute atomic E-state index is 12.5. The van der Waals surface area contributed by atoms with Crippen molar-refractivity contribution in [2.45, 2.75) is 19.5 Å². The Morgan fingerprint density at radius 1 is 1.33 bits per heavy atom. The van der Waals surface area contributed by atoms with E-state index in [2.05, 4.69) is 25.9 Å². The van der Waals surface area contributed by atoms with Gasteiger partial charge in [-0.3, -0.25) is 10.1 Å².